The Labute approximate surface area is 153 Å². The Morgan fingerprint density at radius 3 is 2.85 bits per heavy atom. The van der Waals surface area contributed by atoms with Crippen molar-refractivity contribution < 1.29 is 33.0 Å². The van der Waals surface area contributed by atoms with E-state index in [0.29, 0.717) is 28.6 Å². The number of rotatable bonds is 4. The molecule has 0 unspecified atom stereocenters. The van der Waals surface area contributed by atoms with Crippen LogP contribution in [0.3, 0.4) is 0 Å². The molecular weight excluding hydrogens is 356 g/mol. The van der Waals surface area contributed by atoms with Gasteiger partial charge in [0.2, 0.25) is 12.5 Å². The topological polar surface area (TPSA) is 107 Å². The first-order valence-corrected chi connectivity index (χ1v) is 7.95. The zero-order valence-electron chi connectivity index (χ0n) is 14.2. The number of nitrogens with one attached hydrogen (secondary N) is 1. The highest BCUT2D eigenvalue weighted by Crippen LogP contribution is 2.42. The second-order valence-corrected chi connectivity index (χ2v) is 5.74. The van der Waals surface area contributed by atoms with Crippen molar-refractivity contribution in [2.75, 3.05) is 13.9 Å². The number of fused-ring (bicyclic) bond motifs is 1. The van der Waals surface area contributed by atoms with E-state index in [1.54, 1.807) is 24.3 Å². The molecule has 1 aromatic heterocycles. The van der Waals surface area contributed by atoms with Crippen molar-refractivity contribution in [1.82, 2.24) is 10.2 Å². The predicted molar refractivity (Wildman–Crippen MR) is 89.9 cm³/mol. The summed E-state index contributed by atoms with van der Waals surface area (Å²) in [5.74, 6) is 0.206. The average Bonchev–Trinajstić information content (AvgIpc) is 3.33. The van der Waals surface area contributed by atoms with Gasteiger partial charge in [-0.3, -0.25) is 19.8 Å². The van der Waals surface area contributed by atoms with Crippen molar-refractivity contribution in [1.29, 1.82) is 0 Å². The molecule has 0 saturated carbocycles. The monoisotopic (exact) mass is 370 g/mol. The fraction of sp³-hybridized carbons (Fsp3) is 0.167. The summed E-state index contributed by atoms with van der Waals surface area (Å²) in [5.41, 5.74) is 0.295. The van der Waals surface area contributed by atoms with Crippen LogP contribution in [0, 0.1) is 0 Å². The summed E-state index contributed by atoms with van der Waals surface area (Å²) in [5, 5.41) is 2.15. The number of urea groups is 1. The van der Waals surface area contributed by atoms with E-state index in [4.69, 9.17) is 18.6 Å². The van der Waals surface area contributed by atoms with Crippen molar-refractivity contribution in [3.8, 4) is 17.2 Å². The molecule has 138 valence electrons. The van der Waals surface area contributed by atoms with Gasteiger partial charge in [0.05, 0.1) is 19.9 Å². The molecule has 1 aromatic carbocycles. The summed E-state index contributed by atoms with van der Waals surface area (Å²) in [6.07, 6.45) is 2.80. The Bertz CT molecular complexity index is 962. The third kappa shape index (κ3) is 2.99. The molecule has 9 nitrogen and oxygen atoms in total. The van der Waals surface area contributed by atoms with Gasteiger partial charge >= 0.3 is 6.03 Å². The molecule has 1 saturated heterocycles. The van der Waals surface area contributed by atoms with Crippen molar-refractivity contribution in [3.05, 3.63) is 47.4 Å². The minimum absolute atomic E-state index is 0.0521. The lowest BCUT2D eigenvalue weighted by Crippen LogP contribution is -2.53. The van der Waals surface area contributed by atoms with Gasteiger partial charge in [0.1, 0.15) is 11.3 Å². The Kier molecular flexibility index (Phi) is 4.03. The van der Waals surface area contributed by atoms with Crippen LogP contribution < -0.4 is 19.5 Å². The van der Waals surface area contributed by atoms with Gasteiger partial charge < -0.3 is 18.6 Å². The van der Waals surface area contributed by atoms with Crippen LogP contribution in [0.2, 0.25) is 0 Å². The molecule has 0 atom stereocenters. The number of carbonyl (C=O) groups is 3. The molecule has 4 rings (SSSR count). The molecule has 1 fully saturated rings. The molecule has 2 aromatic rings. The Morgan fingerprint density at radius 2 is 2.11 bits per heavy atom. The van der Waals surface area contributed by atoms with Crippen LogP contribution in [0.5, 0.6) is 17.2 Å². The van der Waals surface area contributed by atoms with Crippen molar-refractivity contribution in [3.63, 3.8) is 0 Å². The lowest BCUT2D eigenvalue weighted by molar-refractivity contribution is -0.130. The lowest BCUT2D eigenvalue weighted by Gasteiger charge is -2.25. The normalized spacial score (nSPS) is 17.4. The van der Waals surface area contributed by atoms with Crippen LogP contribution in [0.4, 0.5) is 4.79 Å². The molecule has 0 spiro atoms. The summed E-state index contributed by atoms with van der Waals surface area (Å²) < 4.78 is 21.1. The molecule has 2 aliphatic rings. The maximum absolute atomic E-state index is 12.7. The van der Waals surface area contributed by atoms with Crippen LogP contribution in [0.1, 0.15) is 11.3 Å². The van der Waals surface area contributed by atoms with Crippen LogP contribution >= 0.6 is 0 Å². The molecule has 2 aliphatic heterocycles. The van der Waals surface area contributed by atoms with E-state index in [1.807, 2.05) is 0 Å². The third-order valence-corrected chi connectivity index (χ3v) is 4.07. The van der Waals surface area contributed by atoms with E-state index >= 15 is 0 Å². The average molecular weight is 370 g/mol. The number of benzene rings is 1. The van der Waals surface area contributed by atoms with Gasteiger partial charge in [-0.15, -0.1) is 0 Å². The molecule has 3 heterocycles. The van der Waals surface area contributed by atoms with Crippen molar-refractivity contribution >= 4 is 23.9 Å². The van der Waals surface area contributed by atoms with Gasteiger partial charge in [-0.2, -0.15) is 0 Å². The van der Waals surface area contributed by atoms with E-state index in [2.05, 4.69) is 5.32 Å². The molecule has 1 N–H and O–H groups in total. The fourth-order valence-corrected chi connectivity index (χ4v) is 2.80. The van der Waals surface area contributed by atoms with Crippen molar-refractivity contribution in [2.24, 2.45) is 0 Å². The highest BCUT2D eigenvalue weighted by atomic mass is 16.7. The number of hydrogen-bond donors (Lipinski definition) is 1. The highest BCUT2D eigenvalue weighted by Gasteiger charge is 2.36. The molecule has 4 amide bonds. The van der Waals surface area contributed by atoms with Gasteiger partial charge in [0.25, 0.3) is 11.8 Å². The lowest BCUT2D eigenvalue weighted by atomic mass is 10.1. The van der Waals surface area contributed by atoms with Crippen LogP contribution in [0.15, 0.2) is 40.5 Å². The van der Waals surface area contributed by atoms with Gasteiger partial charge in [-0.1, -0.05) is 0 Å². The van der Waals surface area contributed by atoms with E-state index in [-0.39, 0.29) is 18.9 Å². The zero-order valence-corrected chi connectivity index (χ0v) is 14.2. The Hall–Kier alpha value is -3.75. The number of amides is 4. The predicted octanol–water partition coefficient (Wildman–Crippen LogP) is 1.68. The number of nitrogens with zero attached hydrogens (tertiary/aromatic N) is 1. The van der Waals surface area contributed by atoms with E-state index in [0.717, 1.165) is 4.90 Å². The number of imide groups is 2. The van der Waals surface area contributed by atoms with E-state index in [1.165, 1.54) is 19.4 Å². The quantitative estimate of drug-likeness (QED) is 0.644. The summed E-state index contributed by atoms with van der Waals surface area (Å²) in [4.78, 5) is 37.8. The number of methoxy groups -OCH3 is 1. The maximum atomic E-state index is 12.7. The number of ether oxygens (including phenoxy) is 3. The first-order chi connectivity index (χ1) is 13.1. The van der Waals surface area contributed by atoms with Gasteiger partial charge in [-0.05, 0) is 35.9 Å². The van der Waals surface area contributed by atoms with Crippen LogP contribution in [-0.2, 0) is 16.1 Å². The minimum atomic E-state index is -0.804. The SMILES string of the molecule is COc1cc(/C=C2\C(=O)NC(=O)N(Cc3ccco3)C2=O)cc2c1OCO2. The van der Waals surface area contributed by atoms with Crippen molar-refractivity contribution in [2.45, 2.75) is 6.54 Å². The third-order valence-electron chi connectivity index (χ3n) is 4.07. The molecular formula is C18H14N2O7. The van der Waals surface area contributed by atoms with Crippen LogP contribution in [0.25, 0.3) is 6.08 Å². The summed E-state index contributed by atoms with van der Waals surface area (Å²) in [7, 11) is 1.47. The maximum Gasteiger partial charge on any atom is 0.331 e. The smallest absolute Gasteiger partial charge is 0.331 e. The Balaban J connectivity index is 1.68. The molecule has 27 heavy (non-hydrogen) atoms. The summed E-state index contributed by atoms with van der Waals surface area (Å²) in [6.45, 7) is -0.0384. The standard InChI is InChI=1S/C18H14N2O7/c1-24-13-6-10(7-14-15(13)27-9-26-14)5-12-16(21)19-18(23)20(17(12)22)8-11-3-2-4-25-11/h2-7H,8-9H2,1H3,(H,19,21,23)/b12-5+. The molecule has 0 bridgehead atoms. The number of furan rings is 1. The summed E-state index contributed by atoms with van der Waals surface area (Å²) in [6, 6.07) is 5.69. The molecule has 9 heteroatoms. The number of hydrogen-bond acceptors (Lipinski definition) is 7. The zero-order chi connectivity index (χ0) is 19.0. The summed E-state index contributed by atoms with van der Waals surface area (Å²) >= 11 is 0. The van der Waals surface area contributed by atoms with Gasteiger partial charge in [0, 0.05) is 0 Å². The van der Waals surface area contributed by atoms with Gasteiger partial charge in [-0.25, -0.2) is 4.79 Å². The second-order valence-electron chi connectivity index (χ2n) is 5.74. The highest BCUT2D eigenvalue weighted by molar-refractivity contribution is 6.30. The van der Waals surface area contributed by atoms with E-state index < -0.39 is 17.8 Å². The number of barbiturate groups is 1. The molecule has 0 radical (unpaired) electrons. The van der Waals surface area contributed by atoms with Crippen LogP contribution in [-0.4, -0.2) is 36.6 Å². The second kappa shape index (κ2) is 6.52. The fourth-order valence-electron chi connectivity index (χ4n) is 2.80. The largest absolute Gasteiger partial charge is 0.493 e. The van der Waals surface area contributed by atoms with Gasteiger partial charge in [0.15, 0.2) is 11.5 Å². The number of carbonyl (C=O) groups excluding carboxylic acids is 3. The first kappa shape index (κ1) is 16.7. The van der Waals surface area contributed by atoms with E-state index in [9.17, 15) is 14.4 Å². The molecule has 0 aliphatic carbocycles. The first-order valence-electron chi connectivity index (χ1n) is 7.95. The Morgan fingerprint density at radius 1 is 1.26 bits per heavy atom. The minimum Gasteiger partial charge on any atom is -0.493 e.